The van der Waals surface area contributed by atoms with E-state index in [0.717, 1.165) is 5.56 Å². The molecule has 100 valence electrons. The lowest BCUT2D eigenvalue weighted by atomic mass is 9.87. The number of rotatable bonds is 4. The van der Waals surface area contributed by atoms with Crippen molar-refractivity contribution in [3.05, 3.63) is 29.8 Å². The number of amides is 1. The van der Waals surface area contributed by atoms with Crippen molar-refractivity contribution in [2.45, 2.75) is 32.6 Å². The van der Waals surface area contributed by atoms with Crippen molar-refractivity contribution in [1.29, 1.82) is 0 Å². The van der Waals surface area contributed by atoms with Gasteiger partial charge in [-0.15, -0.1) is 0 Å². The highest BCUT2D eigenvalue weighted by Gasteiger charge is 2.14. The van der Waals surface area contributed by atoms with Gasteiger partial charge >= 0.3 is 6.09 Å². The molecule has 4 heteroatoms. The first-order valence-electron chi connectivity index (χ1n) is 6.10. The average molecular weight is 251 g/mol. The molecule has 0 spiro atoms. The monoisotopic (exact) mass is 251 g/mol. The molecule has 0 saturated heterocycles. The lowest BCUT2D eigenvalue weighted by molar-refractivity contribution is 0.198. The fourth-order valence-corrected chi connectivity index (χ4v) is 1.44. The molecular formula is C14H21NO3. The summed E-state index contributed by atoms with van der Waals surface area (Å²) in [5, 5.41) is 11.2. The van der Waals surface area contributed by atoms with E-state index < -0.39 is 6.09 Å². The summed E-state index contributed by atoms with van der Waals surface area (Å²) in [7, 11) is 0. The first kappa shape index (κ1) is 14.5. The molecule has 0 heterocycles. The van der Waals surface area contributed by atoms with Crippen molar-refractivity contribution in [3.8, 4) is 5.75 Å². The molecule has 0 aliphatic carbocycles. The summed E-state index contributed by atoms with van der Waals surface area (Å²) in [4.78, 5) is 11.4. The van der Waals surface area contributed by atoms with Crippen LogP contribution in [0.3, 0.4) is 0 Å². The molecule has 18 heavy (non-hydrogen) atoms. The molecule has 0 bridgehead atoms. The molecule has 0 saturated carbocycles. The molecule has 1 aromatic carbocycles. The van der Waals surface area contributed by atoms with Crippen molar-refractivity contribution >= 4 is 6.09 Å². The Morgan fingerprint density at radius 3 is 2.72 bits per heavy atom. The molecule has 0 fully saturated rings. The predicted octanol–water partition coefficient (Wildman–Crippen LogP) is 2.45. The third-order valence-electron chi connectivity index (χ3n) is 2.51. The Morgan fingerprint density at radius 1 is 1.39 bits per heavy atom. The Balaban J connectivity index is 2.60. The molecule has 0 radical (unpaired) electrons. The molecule has 0 aliphatic heterocycles. The minimum absolute atomic E-state index is 0.0206. The van der Waals surface area contributed by atoms with Crippen molar-refractivity contribution in [3.63, 3.8) is 0 Å². The standard InChI is InChI=1S/C14H21NO3/c1-14(2,3)11-6-4-7-12(10-11)18-13(17)15-8-5-9-16/h4,6-7,10,16H,5,8-9H2,1-3H3,(H,15,17). The van der Waals surface area contributed by atoms with E-state index in [1.807, 2.05) is 18.2 Å². The van der Waals surface area contributed by atoms with Crippen LogP contribution in [-0.2, 0) is 5.41 Å². The van der Waals surface area contributed by atoms with Gasteiger partial charge in [0.1, 0.15) is 5.75 Å². The molecule has 1 aromatic rings. The van der Waals surface area contributed by atoms with Crippen molar-refractivity contribution in [1.82, 2.24) is 5.32 Å². The lowest BCUT2D eigenvalue weighted by Gasteiger charge is -2.19. The van der Waals surface area contributed by atoms with Gasteiger partial charge in [-0.25, -0.2) is 4.79 Å². The van der Waals surface area contributed by atoms with Crippen LogP contribution in [0, 0.1) is 0 Å². The molecule has 1 rings (SSSR count). The first-order chi connectivity index (χ1) is 8.43. The summed E-state index contributed by atoms with van der Waals surface area (Å²) in [6.07, 6.45) is 0.0337. The molecular weight excluding hydrogens is 230 g/mol. The number of ether oxygens (including phenoxy) is 1. The van der Waals surface area contributed by atoms with Crippen LogP contribution in [0.5, 0.6) is 5.75 Å². The number of nitrogens with one attached hydrogen (secondary N) is 1. The number of hydrogen-bond acceptors (Lipinski definition) is 3. The number of aliphatic hydroxyl groups excluding tert-OH is 1. The highest BCUT2D eigenvalue weighted by Crippen LogP contribution is 2.25. The van der Waals surface area contributed by atoms with E-state index >= 15 is 0 Å². The highest BCUT2D eigenvalue weighted by molar-refractivity contribution is 5.70. The summed E-state index contributed by atoms with van der Waals surface area (Å²) < 4.78 is 5.17. The van der Waals surface area contributed by atoms with E-state index in [2.05, 4.69) is 26.1 Å². The van der Waals surface area contributed by atoms with Gasteiger partial charge in [0.15, 0.2) is 0 Å². The summed E-state index contributed by atoms with van der Waals surface area (Å²) in [5.41, 5.74) is 1.13. The van der Waals surface area contributed by atoms with Crippen LogP contribution in [0.25, 0.3) is 0 Å². The molecule has 2 N–H and O–H groups in total. The van der Waals surface area contributed by atoms with Crippen molar-refractivity contribution < 1.29 is 14.6 Å². The quantitative estimate of drug-likeness (QED) is 0.808. The number of hydrogen-bond donors (Lipinski definition) is 2. The van der Waals surface area contributed by atoms with Gasteiger partial charge in [-0.1, -0.05) is 32.9 Å². The fraction of sp³-hybridized carbons (Fsp3) is 0.500. The van der Waals surface area contributed by atoms with Crippen LogP contribution in [-0.4, -0.2) is 24.4 Å². The zero-order valence-corrected chi connectivity index (χ0v) is 11.2. The number of carbonyl (C=O) groups is 1. The Hall–Kier alpha value is -1.55. The third-order valence-corrected chi connectivity index (χ3v) is 2.51. The number of benzene rings is 1. The summed E-state index contributed by atoms with van der Waals surface area (Å²) in [5.74, 6) is 0.531. The number of carbonyl (C=O) groups excluding carboxylic acids is 1. The minimum atomic E-state index is -0.491. The average Bonchev–Trinajstić information content (AvgIpc) is 2.28. The lowest BCUT2D eigenvalue weighted by Crippen LogP contribution is -2.28. The maximum Gasteiger partial charge on any atom is 0.412 e. The molecule has 0 unspecified atom stereocenters. The zero-order chi connectivity index (χ0) is 13.6. The minimum Gasteiger partial charge on any atom is -0.410 e. The first-order valence-corrected chi connectivity index (χ1v) is 6.10. The SMILES string of the molecule is CC(C)(C)c1cccc(OC(=O)NCCCO)c1. The Kier molecular flexibility index (Phi) is 5.16. The molecule has 1 amide bonds. The Labute approximate surface area is 108 Å². The van der Waals surface area contributed by atoms with E-state index in [4.69, 9.17) is 9.84 Å². The zero-order valence-electron chi connectivity index (χ0n) is 11.2. The van der Waals surface area contributed by atoms with Gasteiger partial charge in [-0.2, -0.15) is 0 Å². The van der Waals surface area contributed by atoms with Gasteiger partial charge in [-0.05, 0) is 29.5 Å². The summed E-state index contributed by atoms with van der Waals surface area (Å²) in [6, 6.07) is 7.50. The normalized spacial score (nSPS) is 11.1. The van der Waals surface area contributed by atoms with Gasteiger partial charge in [-0.3, -0.25) is 0 Å². The molecule has 0 aromatic heterocycles. The van der Waals surface area contributed by atoms with Crippen LogP contribution in [0.15, 0.2) is 24.3 Å². The van der Waals surface area contributed by atoms with E-state index in [-0.39, 0.29) is 12.0 Å². The Morgan fingerprint density at radius 2 is 2.11 bits per heavy atom. The topological polar surface area (TPSA) is 58.6 Å². The second kappa shape index (κ2) is 6.40. The smallest absolute Gasteiger partial charge is 0.410 e. The van der Waals surface area contributed by atoms with Crippen LogP contribution >= 0.6 is 0 Å². The van der Waals surface area contributed by atoms with Gasteiger partial charge in [0.05, 0.1) is 0 Å². The maximum atomic E-state index is 11.4. The van der Waals surface area contributed by atoms with E-state index in [1.165, 1.54) is 0 Å². The third kappa shape index (κ3) is 4.75. The largest absolute Gasteiger partial charge is 0.412 e. The van der Waals surface area contributed by atoms with Gasteiger partial charge < -0.3 is 15.2 Å². The number of aliphatic hydroxyl groups is 1. The van der Waals surface area contributed by atoms with Gasteiger partial charge in [0, 0.05) is 13.2 Å². The fourth-order valence-electron chi connectivity index (χ4n) is 1.44. The van der Waals surface area contributed by atoms with Gasteiger partial charge in [0.25, 0.3) is 0 Å². The van der Waals surface area contributed by atoms with Crippen LogP contribution in [0.2, 0.25) is 0 Å². The van der Waals surface area contributed by atoms with Crippen molar-refractivity contribution in [2.24, 2.45) is 0 Å². The molecule has 4 nitrogen and oxygen atoms in total. The second-order valence-electron chi connectivity index (χ2n) is 5.17. The highest BCUT2D eigenvalue weighted by atomic mass is 16.6. The second-order valence-corrected chi connectivity index (χ2v) is 5.17. The summed E-state index contributed by atoms with van der Waals surface area (Å²) >= 11 is 0. The molecule has 0 aliphatic rings. The summed E-state index contributed by atoms with van der Waals surface area (Å²) in [6.45, 7) is 6.78. The van der Waals surface area contributed by atoms with E-state index in [9.17, 15) is 4.79 Å². The Bertz CT molecular complexity index is 396. The van der Waals surface area contributed by atoms with Crippen LogP contribution in [0.4, 0.5) is 4.79 Å². The van der Waals surface area contributed by atoms with Crippen LogP contribution in [0.1, 0.15) is 32.8 Å². The maximum absolute atomic E-state index is 11.4. The van der Waals surface area contributed by atoms with Crippen molar-refractivity contribution in [2.75, 3.05) is 13.2 Å². The van der Waals surface area contributed by atoms with Crippen LogP contribution < -0.4 is 10.1 Å². The predicted molar refractivity (Wildman–Crippen MR) is 70.9 cm³/mol. The van der Waals surface area contributed by atoms with Gasteiger partial charge in [0.2, 0.25) is 0 Å². The van der Waals surface area contributed by atoms with E-state index in [0.29, 0.717) is 18.7 Å². The van der Waals surface area contributed by atoms with E-state index in [1.54, 1.807) is 6.07 Å². The molecule has 0 atom stereocenters.